The van der Waals surface area contributed by atoms with Crippen LogP contribution >= 0.6 is 11.3 Å². The Morgan fingerprint density at radius 1 is 1.24 bits per heavy atom. The van der Waals surface area contributed by atoms with Gasteiger partial charge in [0.05, 0.1) is 17.0 Å². The van der Waals surface area contributed by atoms with Crippen LogP contribution in [0, 0.1) is 13.8 Å². The number of nitrogens with zero attached hydrogens (tertiary/aromatic N) is 1. The highest BCUT2D eigenvalue weighted by Gasteiger charge is 2.07. The van der Waals surface area contributed by atoms with E-state index in [0.717, 1.165) is 30.3 Å². The predicted octanol–water partition coefficient (Wildman–Crippen LogP) is 3.07. The smallest absolute Gasteiger partial charge is 0.125 e. The second kappa shape index (κ2) is 8.12. The maximum absolute atomic E-state index is 5.94. The normalized spacial score (nSPS) is 10.8. The van der Waals surface area contributed by atoms with Gasteiger partial charge in [0.2, 0.25) is 0 Å². The van der Waals surface area contributed by atoms with Gasteiger partial charge in [-0.1, -0.05) is 12.1 Å². The maximum atomic E-state index is 5.94. The van der Waals surface area contributed by atoms with Crippen molar-refractivity contribution in [2.24, 2.45) is 0 Å². The molecule has 5 heteroatoms. The largest absolute Gasteiger partial charge is 0.487 e. The van der Waals surface area contributed by atoms with Gasteiger partial charge in [-0.3, -0.25) is 4.98 Å². The zero-order chi connectivity index (χ0) is 15.1. The number of nitrogens with one attached hydrogen (secondary N) is 1. The number of benzene rings is 1. The van der Waals surface area contributed by atoms with Gasteiger partial charge >= 0.3 is 0 Å². The van der Waals surface area contributed by atoms with E-state index >= 15 is 0 Å². The fourth-order valence-electron chi connectivity index (χ4n) is 2.23. The molecule has 0 fully saturated rings. The van der Waals surface area contributed by atoms with Gasteiger partial charge in [-0.15, -0.1) is 11.3 Å². The average Bonchev–Trinajstić information content (AvgIpc) is 2.96. The van der Waals surface area contributed by atoms with Crippen molar-refractivity contribution in [1.82, 2.24) is 10.3 Å². The molecule has 2 rings (SSSR count). The summed E-state index contributed by atoms with van der Waals surface area (Å²) in [5, 5.41) is 3.36. The Hall–Kier alpha value is -1.43. The topological polar surface area (TPSA) is 43.4 Å². The van der Waals surface area contributed by atoms with Gasteiger partial charge in [0, 0.05) is 26.4 Å². The average molecular weight is 306 g/mol. The zero-order valence-electron chi connectivity index (χ0n) is 12.8. The number of aryl methyl sites for hydroxylation is 2. The molecule has 0 saturated heterocycles. The first kappa shape index (κ1) is 15.9. The number of ether oxygens (including phenoxy) is 2. The molecule has 0 atom stereocenters. The summed E-state index contributed by atoms with van der Waals surface area (Å²) in [4.78, 5) is 5.20. The number of hydrogen-bond acceptors (Lipinski definition) is 5. The van der Waals surface area contributed by atoms with Gasteiger partial charge in [0.1, 0.15) is 12.4 Å². The second-order valence-electron chi connectivity index (χ2n) is 4.98. The lowest BCUT2D eigenvalue weighted by Crippen LogP contribution is -2.18. The molecule has 0 saturated carbocycles. The first-order chi connectivity index (χ1) is 10.2. The summed E-state index contributed by atoms with van der Waals surface area (Å²) in [5.41, 5.74) is 5.44. The first-order valence-corrected chi connectivity index (χ1v) is 7.88. The van der Waals surface area contributed by atoms with Crippen molar-refractivity contribution in [3.8, 4) is 5.75 Å². The quantitative estimate of drug-likeness (QED) is 0.761. The van der Waals surface area contributed by atoms with E-state index in [-0.39, 0.29) is 0 Å². The maximum Gasteiger partial charge on any atom is 0.125 e. The standard InChI is InChI=1S/C16H22N2O2S/c1-12-6-14(8-17-4-5-19-3)7-13(2)16(12)20-10-15-9-18-11-21-15/h6-7,9,11,17H,4-5,8,10H2,1-3H3. The third kappa shape index (κ3) is 4.81. The Balaban J connectivity index is 1.96. The monoisotopic (exact) mass is 306 g/mol. The molecule has 0 radical (unpaired) electrons. The lowest BCUT2D eigenvalue weighted by molar-refractivity contribution is 0.199. The molecule has 2 aromatic rings. The van der Waals surface area contributed by atoms with E-state index in [1.165, 1.54) is 16.7 Å². The first-order valence-electron chi connectivity index (χ1n) is 7.00. The summed E-state index contributed by atoms with van der Waals surface area (Å²) < 4.78 is 11.0. The molecule has 1 aromatic heterocycles. The molecule has 0 aliphatic rings. The summed E-state index contributed by atoms with van der Waals surface area (Å²) >= 11 is 1.61. The van der Waals surface area contributed by atoms with Crippen LogP contribution in [-0.2, 0) is 17.9 Å². The molecule has 0 aliphatic carbocycles. The lowest BCUT2D eigenvalue weighted by atomic mass is 10.1. The van der Waals surface area contributed by atoms with Crippen LogP contribution in [0.5, 0.6) is 5.75 Å². The van der Waals surface area contributed by atoms with Gasteiger partial charge in [-0.05, 0) is 30.5 Å². The fourth-order valence-corrected chi connectivity index (χ4v) is 2.74. The summed E-state index contributed by atoms with van der Waals surface area (Å²) in [6, 6.07) is 4.35. The van der Waals surface area contributed by atoms with Crippen molar-refractivity contribution in [1.29, 1.82) is 0 Å². The molecule has 0 spiro atoms. The van der Waals surface area contributed by atoms with Gasteiger partial charge in [-0.25, -0.2) is 0 Å². The summed E-state index contributed by atoms with van der Waals surface area (Å²) in [6.45, 7) is 7.20. The molecule has 0 unspecified atom stereocenters. The molecule has 1 N–H and O–H groups in total. The number of rotatable bonds is 8. The van der Waals surface area contributed by atoms with E-state index in [0.29, 0.717) is 6.61 Å². The third-order valence-electron chi connectivity index (χ3n) is 3.17. The number of aromatic nitrogens is 1. The highest BCUT2D eigenvalue weighted by atomic mass is 32.1. The summed E-state index contributed by atoms with van der Waals surface area (Å²) in [5.74, 6) is 0.976. The molecule has 114 valence electrons. The predicted molar refractivity (Wildman–Crippen MR) is 85.9 cm³/mol. The van der Waals surface area contributed by atoms with E-state index < -0.39 is 0 Å². The van der Waals surface area contributed by atoms with Gasteiger partial charge in [-0.2, -0.15) is 0 Å². The number of methoxy groups -OCH3 is 1. The van der Waals surface area contributed by atoms with Crippen LogP contribution in [0.4, 0.5) is 0 Å². The Bertz CT molecular complexity index is 532. The van der Waals surface area contributed by atoms with E-state index in [2.05, 4.69) is 36.3 Å². The molecular weight excluding hydrogens is 284 g/mol. The molecular formula is C16H22N2O2S. The minimum atomic E-state index is 0.581. The third-order valence-corrected chi connectivity index (χ3v) is 3.93. The Morgan fingerprint density at radius 3 is 2.62 bits per heavy atom. The Kier molecular flexibility index (Phi) is 6.17. The summed E-state index contributed by atoms with van der Waals surface area (Å²) in [7, 11) is 1.71. The van der Waals surface area contributed by atoms with Crippen LogP contribution in [0.3, 0.4) is 0 Å². The van der Waals surface area contributed by atoms with E-state index in [1.807, 2.05) is 11.7 Å². The Morgan fingerprint density at radius 2 is 2.00 bits per heavy atom. The Labute approximate surface area is 130 Å². The van der Waals surface area contributed by atoms with E-state index in [1.54, 1.807) is 18.4 Å². The SMILES string of the molecule is COCCNCc1cc(C)c(OCc2cncs2)c(C)c1. The van der Waals surface area contributed by atoms with Gasteiger partial charge in [0.15, 0.2) is 0 Å². The van der Waals surface area contributed by atoms with Gasteiger partial charge < -0.3 is 14.8 Å². The molecule has 1 heterocycles. The van der Waals surface area contributed by atoms with Crippen LogP contribution < -0.4 is 10.1 Å². The second-order valence-corrected chi connectivity index (χ2v) is 5.96. The van der Waals surface area contributed by atoms with Crippen molar-refractivity contribution >= 4 is 11.3 Å². The van der Waals surface area contributed by atoms with E-state index in [9.17, 15) is 0 Å². The van der Waals surface area contributed by atoms with Crippen LogP contribution in [0.2, 0.25) is 0 Å². The van der Waals surface area contributed by atoms with Crippen molar-refractivity contribution in [2.75, 3.05) is 20.3 Å². The molecule has 21 heavy (non-hydrogen) atoms. The van der Waals surface area contributed by atoms with Crippen molar-refractivity contribution in [2.45, 2.75) is 27.0 Å². The molecule has 0 amide bonds. The lowest BCUT2D eigenvalue weighted by Gasteiger charge is -2.14. The van der Waals surface area contributed by atoms with Crippen LogP contribution in [0.15, 0.2) is 23.8 Å². The number of hydrogen-bond donors (Lipinski definition) is 1. The minimum Gasteiger partial charge on any atom is -0.487 e. The van der Waals surface area contributed by atoms with Crippen LogP contribution in [-0.4, -0.2) is 25.2 Å². The fraction of sp³-hybridized carbons (Fsp3) is 0.438. The summed E-state index contributed by atoms with van der Waals surface area (Å²) in [6.07, 6.45) is 1.85. The highest BCUT2D eigenvalue weighted by Crippen LogP contribution is 2.26. The zero-order valence-corrected chi connectivity index (χ0v) is 13.6. The molecule has 4 nitrogen and oxygen atoms in total. The molecule has 0 bridgehead atoms. The van der Waals surface area contributed by atoms with Crippen LogP contribution in [0.1, 0.15) is 21.6 Å². The molecule has 0 aliphatic heterocycles. The van der Waals surface area contributed by atoms with Gasteiger partial charge in [0.25, 0.3) is 0 Å². The van der Waals surface area contributed by atoms with E-state index in [4.69, 9.17) is 9.47 Å². The minimum absolute atomic E-state index is 0.581. The molecule has 1 aromatic carbocycles. The van der Waals surface area contributed by atoms with Crippen molar-refractivity contribution < 1.29 is 9.47 Å². The van der Waals surface area contributed by atoms with Crippen molar-refractivity contribution in [3.05, 3.63) is 45.4 Å². The van der Waals surface area contributed by atoms with Crippen molar-refractivity contribution in [3.63, 3.8) is 0 Å². The number of thiazole rings is 1. The van der Waals surface area contributed by atoms with Crippen LogP contribution in [0.25, 0.3) is 0 Å². The highest BCUT2D eigenvalue weighted by molar-refractivity contribution is 7.09.